The lowest BCUT2D eigenvalue weighted by atomic mass is 10.1. The van der Waals surface area contributed by atoms with E-state index in [-0.39, 0.29) is 10.7 Å². The van der Waals surface area contributed by atoms with Gasteiger partial charge in [-0.25, -0.2) is 18.1 Å². The van der Waals surface area contributed by atoms with Gasteiger partial charge < -0.3 is 5.43 Å². The van der Waals surface area contributed by atoms with Crippen molar-refractivity contribution in [2.45, 2.75) is 18.0 Å². The smallest absolute Gasteiger partial charge is 0.260 e. The van der Waals surface area contributed by atoms with Crippen LogP contribution in [0.25, 0.3) is 0 Å². The van der Waals surface area contributed by atoms with Crippen molar-refractivity contribution in [1.82, 2.24) is 9.71 Å². The average molecular weight is 371 g/mol. The van der Waals surface area contributed by atoms with Gasteiger partial charge in [-0.15, -0.1) is 0 Å². The first-order valence-electron chi connectivity index (χ1n) is 6.13. The van der Waals surface area contributed by atoms with Crippen molar-refractivity contribution in [1.29, 1.82) is 0 Å². The predicted molar refractivity (Wildman–Crippen MR) is 84.9 cm³/mol. The number of pyridine rings is 1. The number of nitrogen functional groups attached to an aromatic ring is 1. The number of hydrogen-bond donors (Lipinski definition) is 3. The fourth-order valence-electron chi connectivity index (χ4n) is 1.85. The van der Waals surface area contributed by atoms with Crippen LogP contribution in [0.2, 0.25) is 0 Å². The van der Waals surface area contributed by atoms with E-state index in [9.17, 15) is 8.42 Å². The van der Waals surface area contributed by atoms with Crippen LogP contribution < -0.4 is 16.0 Å². The average Bonchev–Trinajstić information content (AvgIpc) is 2.46. The number of nitrogens with two attached hydrogens (primary N) is 1. The molecule has 0 spiro atoms. The number of halogens is 1. The van der Waals surface area contributed by atoms with Gasteiger partial charge in [-0.3, -0.25) is 5.84 Å². The first-order valence-corrected chi connectivity index (χ1v) is 8.41. The fraction of sp³-hybridized carbons (Fsp3) is 0.154. The number of sulfonamides is 1. The summed E-state index contributed by atoms with van der Waals surface area (Å²) in [6.45, 7) is 1.76. The Bertz CT molecular complexity index is 736. The Kier molecular flexibility index (Phi) is 4.94. The molecule has 4 N–H and O–H groups in total. The lowest BCUT2D eigenvalue weighted by Gasteiger charge is -2.16. The van der Waals surface area contributed by atoms with Gasteiger partial charge in [0.05, 0.1) is 5.69 Å². The van der Waals surface area contributed by atoms with E-state index >= 15 is 0 Å². The Morgan fingerprint density at radius 1 is 1.29 bits per heavy atom. The molecule has 2 aromatic rings. The molecule has 0 aliphatic carbocycles. The van der Waals surface area contributed by atoms with Crippen LogP contribution in [-0.2, 0) is 10.0 Å². The topological polar surface area (TPSA) is 97.1 Å². The SMILES string of the molecule is CC(NS(=O)(=O)c1ncccc1NN)c1cccc(Br)c1. The van der Waals surface area contributed by atoms with Crippen LogP contribution in [0.4, 0.5) is 5.69 Å². The van der Waals surface area contributed by atoms with E-state index in [1.54, 1.807) is 19.1 Å². The number of benzene rings is 1. The van der Waals surface area contributed by atoms with Crippen LogP contribution >= 0.6 is 15.9 Å². The third-order valence-corrected chi connectivity index (χ3v) is 4.85. The Morgan fingerprint density at radius 3 is 2.71 bits per heavy atom. The molecule has 8 heteroatoms. The highest BCUT2D eigenvalue weighted by Gasteiger charge is 2.22. The highest BCUT2D eigenvalue weighted by molar-refractivity contribution is 9.10. The molecule has 6 nitrogen and oxygen atoms in total. The summed E-state index contributed by atoms with van der Waals surface area (Å²) in [5, 5.41) is -0.130. The number of hydrogen-bond acceptors (Lipinski definition) is 5. The molecule has 21 heavy (non-hydrogen) atoms. The van der Waals surface area contributed by atoms with Crippen LogP contribution in [0.5, 0.6) is 0 Å². The summed E-state index contributed by atoms with van der Waals surface area (Å²) in [6.07, 6.45) is 1.40. The van der Waals surface area contributed by atoms with Crippen LogP contribution in [0.3, 0.4) is 0 Å². The van der Waals surface area contributed by atoms with E-state index in [2.05, 4.69) is 31.1 Å². The molecule has 0 saturated heterocycles. The third kappa shape index (κ3) is 3.79. The lowest BCUT2D eigenvalue weighted by Crippen LogP contribution is -2.29. The maximum atomic E-state index is 12.4. The Hall–Kier alpha value is -1.48. The minimum Gasteiger partial charge on any atom is -0.321 e. The van der Waals surface area contributed by atoms with E-state index in [0.29, 0.717) is 0 Å². The second-order valence-corrected chi connectivity index (χ2v) is 6.94. The van der Waals surface area contributed by atoms with E-state index in [1.165, 1.54) is 6.20 Å². The predicted octanol–water partition coefficient (Wildman–Crippen LogP) is 2.17. The summed E-state index contributed by atoms with van der Waals surface area (Å²) in [4.78, 5) is 3.88. The first-order chi connectivity index (χ1) is 9.94. The van der Waals surface area contributed by atoms with Gasteiger partial charge in [0, 0.05) is 16.7 Å². The molecule has 2 rings (SSSR count). The molecule has 1 atom stereocenters. The summed E-state index contributed by atoms with van der Waals surface area (Å²) in [7, 11) is -3.78. The molecule has 0 saturated carbocycles. The van der Waals surface area contributed by atoms with Crippen LogP contribution in [-0.4, -0.2) is 13.4 Å². The minimum atomic E-state index is -3.78. The summed E-state index contributed by atoms with van der Waals surface area (Å²) in [6, 6.07) is 10.2. The number of aromatic nitrogens is 1. The lowest BCUT2D eigenvalue weighted by molar-refractivity contribution is 0.563. The van der Waals surface area contributed by atoms with Crippen molar-refractivity contribution in [3.8, 4) is 0 Å². The van der Waals surface area contributed by atoms with Gasteiger partial charge in [-0.05, 0) is 36.8 Å². The number of anilines is 1. The van der Waals surface area contributed by atoms with E-state index < -0.39 is 16.1 Å². The first kappa shape index (κ1) is 15.9. The molecule has 112 valence electrons. The van der Waals surface area contributed by atoms with Crippen LogP contribution in [0, 0.1) is 0 Å². The zero-order valence-corrected chi connectivity index (χ0v) is 13.6. The quantitative estimate of drug-likeness (QED) is 0.553. The van der Waals surface area contributed by atoms with Crippen molar-refractivity contribution < 1.29 is 8.42 Å². The number of hydrazine groups is 1. The third-order valence-electron chi connectivity index (χ3n) is 2.86. The van der Waals surface area contributed by atoms with Gasteiger partial charge in [-0.1, -0.05) is 28.1 Å². The van der Waals surface area contributed by atoms with Crippen LogP contribution in [0.1, 0.15) is 18.5 Å². The summed E-state index contributed by atoms with van der Waals surface area (Å²) in [5.74, 6) is 5.32. The molecule has 1 aromatic carbocycles. The van der Waals surface area contributed by atoms with E-state index in [4.69, 9.17) is 5.84 Å². The van der Waals surface area contributed by atoms with Gasteiger partial charge in [0.25, 0.3) is 10.0 Å². The molecule has 0 amide bonds. The molecular formula is C13H15BrN4O2S. The minimum absolute atomic E-state index is 0.130. The van der Waals surface area contributed by atoms with Gasteiger partial charge in [0.2, 0.25) is 0 Å². The van der Waals surface area contributed by atoms with Crippen molar-refractivity contribution >= 4 is 31.6 Å². The van der Waals surface area contributed by atoms with Gasteiger partial charge in [0.1, 0.15) is 0 Å². The molecule has 0 aliphatic rings. The van der Waals surface area contributed by atoms with Gasteiger partial charge >= 0.3 is 0 Å². The maximum Gasteiger partial charge on any atom is 0.260 e. The molecular weight excluding hydrogens is 356 g/mol. The van der Waals surface area contributed by atoms with Crippen molar-refractivity contribution in [3.63, 3.8) is 0 Å². The molecule has 1 unspecified atom stereocenters. The Morgan fingerprint density at radius 2 is 2.05 bits per heavy atom. The second kappa shape index (κ2) is 6.52. The zero-order chi connectivity index (χ0) is 15.5. The molecule has 1 aromatic heterocycles. The second-order valence-electron chi connectivity index (χ2n) is 4.40. The molecule has 0 fully saturated rings. The summed E-state index contributed by atoms with van der Waals surface area (Å²) >= 11 is 3.36. The molecule has 1 heterocycles. The summed E-state index contributed by atoms with van der Waals surface area (Å²) < 4.78 is 28.3. The van der Waals surface area contributed by atoms with E-state index in [1.807, 2.05) is 24.3 Å². The normalized spacial score (nSPS) is 12.9. The number of nitrogens with zero attached hydrogens (tertiary/aromatic N) is 1. The summed E-state index contributed by atoms with van der Waals surface area (Å²) in [5.41, 5.74) is 3.42. The van der Waals surface area contributed by atoms with Gasteiger partial charge in [0.15, 0.2) is 5.03 Å². The highest BCUT2D eigenvalue weighted by atomic mass is 79.9. The van der Waals surface area contributed by atoms with Crippen molar-refractivity contribution in [2.75, 3.05) is 5.43 Å². The standard InChI is InChI=1S/C13H15BrN4O2S/c1-9(10-4-2-5-11(14)8-10)18-21(19,20)13-12(17-15)6-3-7-16-13/h2-9,17-18H,15H2,1H3. The zero-order valence-electron chi connectivity index (χ0n) is 11.2. The highest BCUT2D eigenvalue weighted by Crippen LogP contribution is 2.22. The Balaban J connectivity index is 2.29. The van der Waals surface area contributed by atoms with E-state index in [0.717, 1.165) is 10.0 Å². The number of nitrogens with one attached hydrogen (secondary N) is 2. The molecule has 0 radical (unpaired) electrons. The van der Waals surface area contributed by atoms with Crippen molar-refractivity contribution in [2.24, 2.45) is 5.84 Å². The largest absolute Gasteiger partial charge is 0.321 e. The van der Waals surface area contributed by atoms with Crippen LogP contribution in [0.15, 0.2) is 52.1 Å². The van der Waals surface area contributed by atoms with Gasteiger partial charge in [-0.2, -0.15) is 0 Å². The monoisotopic (exact) mass is 370 g/mol. The molecule has 0 aliphatic heterocycles. The molecule has 0 bridgehead atoms. The Labute approximate surface area is 131 Å². The maximum absolute atomic E-state index is 12.4. The number of rotatable bonds is 5. The van der Waals surface area contributed by atoms with Crippen molar-refractivity contribution in [3.05, 3.63) is 52.6 Å². The fourth-order valence-corrected chi connectivity index (χ4v) is 3.59.